The first-order valence-corrected chi connectivity index (χ1v) is 5.18. The zero-order valence-corrected chi connectivity index (χ0v) is 9.49. The molecule has 0 aliphatic heterocycles. The molecule has 0 atom stereocenters. The molecule has 2 rings (SSSR count). The van der Waals surface area contributed by atoms with Gasteiger partial charge in [-0.2, -0.15) is 0 Å². The Hall–Kier alpha value is -1.81. The number of nitrogens with one attached hydrogen (secondary N) is 2. The van der Waals surface area contributed by atoms with E-state index in [4.69, 9.17) is 11.6 Å². The van der Waals surface area contributed by atoms with Crippen molar-refractivity contribution in [3.63, 3.8) is 0 Å². The number of hydrogen-bond acceptors (Lipinski definition) is 4. The molecule has 16 heavy (non-hydrogen) atoms. The third kappa shape index (κ3) is 2.61. The predicted molar refractivity (Wildman–Crippen MR) is 66.3 cm³/mol. The second-order valence-corrected chi connectivity index (χ2v) is 3.61. The molecular formula is C11H11ClN4. The normalized spacial score (nSPS) is 9.88. The number of nitrogens with zero attached hydrogens (tertiary/aromatic N) is 2. The number of rotatable bonds is 3. The van der Waals surface area contributed by atoms with Crippen molar-refractivity contribution < 1.29 is 0 Å². The molecule has 82 valence electrons. The van der Waals surface area contributed by atoms with Crippen molar-refractivity contribution in [2.24, 2.45) is 0 Å². The van der Waals surface area contributed by atoms with E-state index in [9.17, 15) is 0 Å². The van der Waals surface area contributed by atoms with Crippen LogP contribution < -0.4 is 10.6 Å². The smallest absolute Gasteiger partial charge is 0.151 e. The van der Waals surface area contributed by atoms with Crippen molar-refractivity contribution in [3.05, 3.63) is 41.7 Å². The van der Waals surface area contributed by atoms with E-state index in [2.05, 4.69) is 20.6 Å². The third-order valence-electron chi connectivity index (χ3n) is 2.01. The van der Waals surface area contributed by atoms with Gasteiger partial charge in [0.2, 0.25) is 0 Å². The second-order valence-electron chi connectivity index (χ2n) is 3.17. The average Bonchev–Trinajstić information content (AvgIpc) is 2.32. The van der Waals surface area contributed by atoms with Gasteiger partial charge < -0.3 is 10.6 Å². The highest BCUT2D eigenvalue weighted by atomic mass is 35.5. The number of hydrogen-bond donors (Lipinski definition) is 2. The molecule has 5 heteroatoms. The molecular weight excluding hydrogens is 224 g/mol. The van der Waals surface area contributed by atoms with E-state index >= 15 is 0 Å². The number of halogens is 1. The van der Waals surface area contributed by atoms with Gasteiger partial charge >= 0.3 is 0 Å². The number of benzene rings is 1. The summed E-state index contributed by atoms with van der Waals surface area (Å²) in [6.07, 6.45) is 3.32. The highest BCUT2D eigenvalue weighted by Crippen LogP contribution is 2.17. The minimum Gasteiger partial charge on any atom is -0.372 e. The van der Waals surface area contributed by atoms with E-state index in [0.717, 1.165) is 11.5 Å². The first-order valence-electron chi connectivity index (χ1n) is 4.80. The molecule has 0 saturated heterocycles. The molecule has 4 nitrogen and oxygen atoms in total. The van der Waals surface area contributed by atoms with Gasteiger partial charge in [0.25, 0.3) is 0 Å². The summed E-state index contributed by atoms with van der Waals surface area (Å²) < 4.78 is 0. The van der Waals surface area contributed by atoms with Gasteiger partial charge in [0.15, 0.2) is 5.82 Å². The quantitative estimate of drug-likeness (QED) is 0.858. The zero-order chi connectivity index (χ0) is 11.4. The minimum atomic E-state index is 0.689. The summed E-state index contributed by atoms with van der Waals surface area (Å²) in [6, 6.07) is 7.41. The maximum atomic E-state index is 5.80. The number of aromatic nitrogens is 2. The van der Waals surface area contributed by atoms with Gasteiger partial charge in [0.1, 0.15) is 5.82 Å². The second kappa shape index (κ2) is 4.81. The largest absolute Gasteiger partial charge is 0.372 e. The van der Waals surface area contributed by atoms with Crippen LogP contribution in [-0.4, -0.2) is 17.0 Å². The Bertz CT molecular complexity index is 470. The number of anilines is 3. The lowest BCUT2D eigenvalue weighted by atomic mass is 10.3. The molecule has 1 aromatic heterocycles. The van der Waals surface area contributed by atoms with Crippen LogP contribution in [0.1, 0.15) is 0 Å². The molecule has 2 N–H and O–H groups in total. The molecule has 0 aliphatic rings. The fourth-order valence-electron chi connectivity index (χ4n) is 1.23. The minimum absolute atomic E-state index is 0.689. The van der Waals surface area contributed by atoms with Crippen LogP contribution in [0.3, 0.4) is 0 Å². The predicted octanol–water partition coefficient (Wildman–Crippen LogP) is 2.92. The van der Waals surface area contributed by atoms with Crippen LogP contribution in [-0.2, 0) is 0 Å². The third-order valence-corrected chi connectivity index (χ3v) is 2.26. The lowest BCUT2D eigenvalue weighted by Crippen LogP contribution is -1.98. The van der Waals surface area contributed by atoms with E-state index in [0.29, 0.717) is 10.8 Å². The van der Waals surface area contributed by atoms with Crippen LogP contribution in [0.5, 0.6) is 0 Å². The van der Waals surface area contributed by atoms with Crippen molar-refractivity contribution in [1.29, 1.82) is 0 Å². The summed E-state index contributed by atoms with van der Waals surface area (Å²) in [6.45, 7) is 0. The zero-order valence-electron chi connectivity index (χ0n) is 8.74. The van der Waals surface area contributed by atoms with Crippen LogP contribution in [0.4, 0.5) is 17.3 Å². The van der Waals surface area contributed by atoms with Crippen molar-refractivity contribution in [1.82, 2.24) is 9.97 Å². The van der Waals surface area contributed by atoms with Gasteiger partial charge in [-0.3, -0.25) is 4.98 Å². The SMILES string of the molecule is CNc1cncc(Nc2ccc(Cl)cc2)n1. The van der Waals surface area contributed by atoms with Gasteiger partial charge in [-0.1, -0.05) is 11.6 Å². The Morgan fingerprint density at radius 3 is 2.44 bits per heavy atom. The molecule has 0 unspecified atom stereocenters. The Morgan fingerprint density at radius 1 is 1.06 bits per heavy atom. The van der Waals surface area contributed by atoms with E-state index < -0.39 is 0 Å². The van der Waals surface area contributed by atoms with E-state index in [1.807, 2.05) is 24.3 Å². The molecule has 0 spiro atoms. The highest BCUT2D eigenvalue weighted by Gasteiger charge is 1.98. The first-order chi connectivity index (χ1) is 7.78. The maximum Gasteiger partial charge on any atom is 0.151 e. The molecule has 0 amide bonds. The first kappa shape index (κ1) is 10.7. The van der Waals surface area contributed by atoms with Gasteiger partial charge in [0, 0.05) is 17.8 Å². The van der Waals surface area contributed by atoms with Crippen molar-refractivity contribution >= 4 is 28.9 Å². The van der Waals surface area contributed by atoms with Gasteiger partial charge in [0.05, 0.1) is 12.4 Å². The standard InChI is InChI=1S/C11H11ClN4/c1-13-10-6-14-7-11(16-10)15-9-4-2-8(12)3-5-9/h2-7H,1H3,(H2,13,15,16). The van der Waals surface area contributed by atoms with Crippen molar-refractivity contribution in [2.45, 2.75) is 0 Å². The Morgan fingerprint density at radius 2 is 1.75 bits per heavy atom. The van der Waals surface area contributed by atoms with Crippen molar-refractivity contribution in [2.75, 3.05) is 17.7 Å². The van der Waals surface area contributed by atoms with Gasteiger partial charge in [-0.25, -0.2) is 4.98 Å². The molecule has 1 aromatic carbocycles. The maximum absolute atomic E-state index is 5.80. The lowest BCUT2D eigenvalue weighted by molar-refractivity contribution is 1.18. The topological polar surface area (TPSA) is 49.8 Å². The molecule has 0 radical (unpaired) electrons. The molecule has 0 bridgehead atoms. The summed E-state index contributed by atoms with van der Waals surface area (Å²) >= 11 is 5.80. The van der Waals surface area contributed by atoms with Crippen LogP contribution in [0.15, 0.2) is 36.7 Å². The van der Waals surface area contributed by atoms with E-state index in [1.165, 1.54) is 0 Å². The Labute approximate surface area is 98.7 Å². The molecule has 0 fully saturated rings. The van der Waals surface area contributed by atoms with Crippen LogP contribution >= 0.6 is 11.6 Å². The fraction of sp³-hybridized carbons (Fsp3) is 0.0909. The van der Waals surface area contributed by atoms with Gasteiger partial charge in [-0.05, 0) is 24.3 Å². The van der Waals surface area contributed by atoms with Crippen LogP contribution in [0.2, 0.25) is 5.02 Å². The summed E-state index contributed by atoms with van der Waals surface area (Å²) in [4.78, 5) is 8.35. The fourth-order valence-corrected chi connectivity index (χ4v) is 1.35. The van der Waals surface area contributed by atoms with Crippen LogP contribution in [0.25, 0.3) is 0 Å². The van der Waals surface area contributed by atoms with Gasteiger partial charge in [-0.15, -0.1) is 0 Å². The molecule has 1 heterocycles. The van der Waals surface area contributed by atoms with E-state index in [-0.39, 0.29) is 0 Å². The Kier molecular flexibility index (Phi) is 3.22. The summed E-state index contributed by atoms with van der Waals surface area (Å²) in [5.74, 6) is 1.41. The lowest BCUT2D eigenvalue weighted by Gasteiger charge is -2.06. The molecule has 0 aliphatic carbocycles. The summed E-state index contributed by atoms with van der Waals surface area (Å²) in [5, 5.41) is 6.77. The van der Waals surface area contributed by atoms with Crippen LogP contribution in [0, 0.1) is 0 Å². The monoisotopic (exact) mass is 234 g/mol. The van der Waals surface area contributed by atoms with E-state index in [1.54, 1.807) is 19.4 Å². The highest BCUT2D eigenvalue weighted by molar-refractivity contribution is 6.30. The van der Waals surface area contributed by atoms with Crippen molar-refractivity contribution in [3.8, 4) is 0 Å². The Balaban J connectivity index is 2.16. The molecule has 0 saturated carbocycles. The summed E-state index contributed by atoms with van der Waals surface area (Å²) in [7, 11) is 1.80. The summed E-state index contributed by atoms with van der Waals surface area (Å²) in [5.41, 5.74) is 0.923. The average molecular weight is 235 g/mol. The molecule has 2 aromatic rings.